The van der Waals surface area contributed by atoms with Gasteiger partial charge in [0.2, 0.25) is 0 Å². The van der Waals surface area contributed by atoms with Gasteiger partial charge in [-0.2, -0.15) is 0 Å². The van der Waals surface area contributed by atoms with Crippen LogP contribution in [0.2, 0.25) is 0 Å². The SMILES string of the molecule is O=CC1NNc2ccc(F)cc21. The Hall–Kier alpha value is -1.42. The number of carbonyl (C=O) groups is 1. The number of hydrazine groups is 1. The molecule has 0 amide bonds. The summed E-state index contributed by atoms with van der Waals surface area (Å²) in [7, 11) is 0. The smallest absolute Gasteiger partial charge is 0.143 e. The summed E-state index contributed by atoms with van der Waals surface area (Å²) < 4.78 is 12.7. The van der Waals surface area contributed by atoms with Crippen LogP contribution in [0.5, 0.6) is 0 Å². The molecule has 0 radical (unpaired) electrons. The van der Waals surface area contributed by atoms with Gasteiger partial charge in [-0.15, -0.1) is 0 Å². The predicted molar refractivity (Wildman–Crippen MR) is 42.0 cm³/mol. The molecular weight excluding hydrogens is 159 g/mol. The summed E-state index contributed by atoms with van der Waals surface area (Å²) in [4.78, 5) is 10.5. The molecular formula is C8H7FN2O. The zero-order valence-corrected chi connectivity index (χ0v) is 6.17. The van der Waals surface area contributed by atoms with Crippen molar-refractivity contribution in [2.24, 2.45) is 0 Å². The molecule has 1 aliphatic heterocycles. The Kier molecular flexibility index (Phi) is 1.55. The molecule has 1 heterocycles. The first-order chi connectivity index (χ1) is 5.81. The van der Waals surface area contributed by atoms with Crippen molar-refractivity contribution in [2.75, 3.05) is 5.43 Å². The summed E-state index contributed by atoms with van der Waals surface area (Å²) in [6.07, 6.45) is 0.734. The Morgan fingerprint density at radius 3 is 3.08 bits per heavy atom. The van der Waals surface area contributed by atoms with E-state index in [1.54, 1.807) is 6.07 Å². The molecule has 1 atom stereocenters. The van der Waals surface area contributed by atoms with Gasteiger partial charge >= 0.3 is 0 Å². The van der Waals surface area contributed by atoms with Crippen LogP contribution in [0, 0.1) is 5.82 Å². The lowest BCUT2D eigenvalue weighted by molar-refractivity contribution is -0.109. The van der Waals surface area contributed by atoms with Crippen molar-refractivity contribution < 1.29 is 9.18 Å². The first kappa shape index (κ1) is 7.24. The van der Waals surface area contributed by atoms with Crippen LogP contribution in [0.3, 0.4) is 0 Å². The van der Waals surface area contributed by atoms with Crippen LogP contribution in [0.1, 0.15) is 11.6 Å². The Morgan fingerprint density at radius 1 is 1.50 bits per heavy atom. The highest BCUT2D eigenvalue weighted by atomic mass is 19.1. The average Bonchev–Trinajstić information content (AvgIpc) is 2.46. The fourth-order valence-corrected chi connectivity index (χ4v) is 1.25. The lowest BCUT2D eigenvalue weighted by Crippen LogP contribution is -2.19. The van der Waals surface area contributed by atoms with Crippen LogP contribution in [-0.2, 0) is 4.79 Å². The number of rotatable bonds is 1. The van der Waals surface area contributed by atoms with Crippen molar-refractivity contribution in [2.45, 2.75) is 6.04 Å². The third-order valence-corrected chi connectivity index (χ3v) is 1.85. The minimum Gasteiger partial charge on any atom is -0.320 e. The molecule has 0 saturated carbocycles. The number of halogens is 1. The van der Waals surface area contributed by atoms with Crippen LogP contribution < -0.4 is 10.9 Å². The van der Waals surface area contributed by atoms with Crippen molar-refractivity contribution >= 4 is 12.0 Å². The third-order valence-electron chi connectivity index (χ3n) is 1.85. The van der Waals surface area contributed by atoms with E-state index in [2.05, 4.69) is 10.9 Å². The summed E-state index contributed by atoms with van der Waals surface area (Å²) in [6.45, 7) is 0. The summed E-state index contributed by atoms with van der Waals surface area (Å²) in [6, 6.07) is 3.86. The molecule has 0 aliphatic carbocycles. The first-order valence-electron chi connectivity index (χ1n) is 3.57. The van der Waals surface area contributed by atoms with Gasteiger partial charge < -0.3 is 10.2 Å². The van der Waals surface area contributed by atoms with E-state index in [0.717, 1.165) is 12.0 Å². The van der Waals surface area contributed by atoms with Crippen LogP contribution in [-0.4, -0.2) is 6.29 Å². The molecule has 3 nitrogen and oxygen atoms in total. The van der Waals surface area contributed by atoms with Gasteiger partial charge in [0.05, 0.1) is 5.69 Å². The molecule has 2 N–H and O–H groups in total. The maximum atomic E-state index is 12.7. The minimum atomic E-state index is -0.435. The molecule has 0 saturated heterocycles. The molecule has 2 rings (SSSR count). The van der Waals surface area contributed by atoms with Gasteiger partial charge in [0.15, 0.2) is 0 Å². The van der Waals surface area contributed by atoms with Crippen molar-refractivity contribution in [3.05, 3.63) is 29.6 Å². The van der Waals surface area contributed by atoms with Crippen molar-refractivity contribution in [3.8, 4) is 0 Å². The molecule has 12 heavy (non-hydrogen) atoms. The normalized spacial score (nSPS) is 19.9. The number of hydrogen-bond donors (Lipinski definition) is 2. The maximum absolute atomic E-state index is 12.7. The maximum Gasteiger partial charge on any atom is 0.143 e. The van der Waals surface area contributed by atoms with Crippen molar-refractivity contribution in [1.29, 1.82) is 0 Å². The monoisotopic (exact) mass is 166 g/mol. The molecule has 62 valence electrons. The Balaban J connectivity index is 2.49. The summed E-state index contributed by atoms with van der Waals surface area (Å²) in [5, 5.41) is 0. The van der Waals surface area contributed by atoms with E-state index >= 15 is 0 Å². The molecule has 1 aliphatic rings. The summed E-state index contributed by atoms with van der Waals surface area (Å²) >= 11 is 0. The number of nitrogens with one attached hydrogen (secondary N) is 2. The molecule has 1 aromatic rings. The lowest BCUT2D eigenvalue weighted by Gasteiger charge is -1.99. The van der Waals surface area contributed by atoms with E-state index in [1.807, 2.05) is 0 Å². The van der Waals surface area contributed by atoms with Gasteiger partial charge in [-0.25, -0.2) is 9.82 Å². The van der Waals surface area contributed by atoms with E-state index in [9.17, 15) is 9.18 Å². The second kappa shape index (κ2) is 2.57. The van der Waals surface area contributed by atoms with Crippen molar-refractivity contribution in [1.82, 2.24) is 5.43 Å². The number of carbonyl (C=O) groups excluding carboxylic acids is 1. The van der Waals surface area contributed by atoms with Gasteiger partial charge in [0, 0.05) is 5.56 Å². The number of hydrogen-bond acceptors (Lipinski definition) is 3. The highest BCUT2D eigenvalue weighted by Gasteiger charge is 2.20. The molecule has 4 heteroatoms. The van der Waals surface area contributed by atoms with Gasteiger partial charge in [0.25, 0.3) is 0 Å². The van der Waals surface area contributed by atoms with Gasteiger partial charge in [0.1, 0.15) is 18.1 Å². The predicted octanol–water partition coefficient (Wildman–Crippen LogP) is 0.996. The largest absolute Gasteiger partial charge is 0.320 e. The third kappa shape index (κ3) is 0.967. The van der Waals surface area contributed by atoms with Gasteiger partial charge in [-0.3, -0.25) is 0 Å². The number of aldehydes is 1. The van der Waals surface area contributed by atoms with Crippen LogP contribution in [0.25, 0.3) is 0 Å². The van der Waals surface area contributed by atoms with Crippen molar-refractivity contribution in [3.63, 3.8) is 0 Å². The molecule has 0 bridgehead atoms. The van der Waals surface area contributed by atoms with E-state index < -0.39 is 6.04 Å². The molecule has 1 aromatic carbocycles. The lowest BCUT2D eigenvalue weighted by atomic mass is 10.1. The van der Waals surface area contributed by atoms with Crippen LogP contribution in [0.4, 0.5) is 10.1 Å². The highest BCUT2D eigenvalue weighted by molar-refractivity contribution is 5.71. The Morgan fingerprint density at radius 2 is 2.33 bits per heavy atom. The molecule has 0 aromatic heterocycles. The molecule has 0 fully saturated rings. The second-order valence-corrected chi connectivity index (χ2v) is 2.61. The van der Waals surface area contributed by atoms with E-state index in [0.29, 0.717) is 5.56 Å². The first-order valence-corrected chi connectivity index (χ1v) is 3.57. The van der Waals surface area contributed by atoms with E-state index in [4.69, 9.17) is 0 Å². The quantitative estimate of drug-likeness (QED) is 0.611. The van der Waals surface area contributed by atoms with Gasteiger partial charge in [-0.05, 0) is 18.2 Å². The van der Waals surface area contributed by atoms with Gasteiger partial charge in [-0.1, -0.05) is 0 Å². The second-order valence-electron chi connectivity index (χ2n) is 2.61. The Labute approximate surface area is 68.6 Å². The summed E-state index contributed by atoms with van der Waals surface area (Å²) in [5.41, 5.74) is 6.91. The molecule has 0 spiro atoms. The zero-order valence-electron chi connectivity index (χ0n) is 6.17. The highest BCUT2D eigenvalue weighted by Crippen LogP contribution is 2.26. The Bertz CT molecular complexity index is 327. The fraction of sp³-hybridized carbons (Fsp3) is 0.125. The minimum absolute atomic E-state index is 0.328. The van der Waals surface area contributed by atoms with Crippen LogP contribution >= 0.6 is 0 Å². The number of anilines is 1. The van der Waals surface area contributed by atoms with Crippen LogP contribution in [0.15, 0.2) is 18.2 Å². The topological polar surface area (TPSA) is 41.1 Å². The average molecular weight is 166 g/mol. The zero-order chi connectivity index (χ0) is 8.55. The van der Waals surface area contributed by atoms with E-state index in [1.165, 1.54) is 12.1 Å². The summed E-state index contributed by atoms with van der Waals surface area (Å²) in [5.74, 6) is -0.328. The fourth-order valence-electron chi connectivity index (χ4n) is 1.25. The molecule has 1 unspecified atom stereocenters. The number of fused-ring (bicyclic) bond motifs is 1. The standard InChI is InChI=1S/C8H7FN2O/c9-5-1-2-7-6(3-5)8(4-12)11-10-7/h1-4,8,10-11H. The van der Waals surface area contributed by atoms with E-state index in [-0.39, 0.29) is 5.82 Å². The number of benzene rings is 1.